The van der Waals surface area contributed by atoms with Gasteiger partial charge in [0.2, 0.25) is 0 Å². The lowest BCUT2D eigenvalue weighted by atomic mass is 9.94. The van der Waals surface area contributed by atoms with Gasteiger partial charge in [-0.05, 0) is 70.8 Å². The Hall–Kier alpha value is -1.95. The summed E-state index contributed by atoms with van der Waals surface area (Å²) in [5, 5.41) is 6.70. The highest BCUT2D eigenvalue weighted by molar-refractivity contribution is 5.93. The minimum atomic E-state index is 0.602. The standard InChI is InChI=1S/C21H36N4O2/c1-5-22-21(23-13-10-17-11-14-25(6-2)15-12-17)24-18-8-9-19(26-4)20(16-18)27-7-3/h8-9,16-17H,5-7,10-15H2,1-4H3,(H2,22,23,24). The Bertz CT molecular complexity index is 584. The first kappa shape index (κ1) is 21.4. The lowest BCUT2D eigenvalue weighted by Gasteiger charge is -2.30. The van der Waals surface area contributed by atoms with E-state index in [-0.39, 0.29) is 0 Å². The molecule has 0 saturated carbocycles. The van der Waals surface area contributed by atoms with Crippen LogP contribution in [-0.2, 0) is 0 Å². The lowest BCUT2D eigenvalue weighted by molar-refractivity contribution is 0.188. The zero-order chi connectivity index (χ0) is 19.5. The molecule has 0 amide bonds. The molecule has 2 rings (SSSR count). The number of guanidine groups is 1. The minimum Gasteiger partial charge on any atom is -0.493 e. The Labute approximate surface area is 164 Å². The van der Waals surface area contributed by atoms with Crippen LogP contribution in [0.1, 0.15) is 40.0 Å². The zero-order valence-electron chi connectivity index (χ0n) is 17.4. The van der Waals surface area contributed by atoms with Crippen LogP contribution in [0.3, 0.4) is 0 Å². The SMILES string of the molecule is CCNC(=NCCC1CCN(CC)CC1)Nc1ccc(OC)c(OCC)c1. The summed E-state index contributed by atoms with van der Waals surface area (Å²) in [5.74, 6) is 3.09. The van der Waals surface area contributed by atoms with Gasteiger partial charge in [0, 0.05) is 24.8 Å². The molecule has 0 spiro atoms. The van der Waals surface area contributed by atoms with Gasteiger partial charge in [-0.15, -0.1) is 0 Å². The molecule has 0 unspecified atom stereocenters. The van der Waals surface area contributed by atoms with Crippen molar-refractivity contribution in [2.24, 2.45) is 10.9 Å². The average Bonchev–Trinajstić information content (AvgIpc) is 2.69. The van der Waals surface area contributed by atoms with E-state index in [1.54, 1.807) is 7.11 Å². The lowest BCUT2D eigenvalue weighted by Crippen LogP contribution is -2.34. The summed E-state index contributed by atoms with van der Waals surface area (Å²) in [6.45, 7) is 12.2. The van der Waals surface area contributed by atoms with Crippen LogP contribution in [0.25, 0.3) is 0 Å². The number of rotatable bonds is 9. The molecule has 1 aliphatic rings. The highest BCUT2D eigenvalue weighted by atomic mass is 16.5. The molecular weight excluding hydrogens is 340 g/mol. The molecule has 152 valence electrons. The number of nitrogens with one attached hydrogen (secondary N) is 2. The second-order valence-corrected chi connectivity index (χ2v) is 6.85. The third kappa shape index (κ3) is 6.94. The molecule has 0 radical (unpaired) electrons. The van der Waals surface area contributed by atoms with Crippen molar-refractivity contribution in [2.45, 2.75) is 40.0 Å². The molecule has 1 aromatic carbocycles. The van der Waals surface area contributed by atoms with Gasteiger partial charge in [0.25, 0.3) is 0 Å². The van der Waals surface area contributed by atoms with Crippen molar-refractivity contribution in [3.63, 3.8) is 0 Å². The van der Waals surface area contributed by atoms with Crippen LogP contribution in [0.5, 0.6) is 11.5 Å². The molecule has 0 atom stereocenters. The van der Waals surface area contributed by atoms with Crippen LogP contribution in [0.15, 0.2) is 23.2 Å². The summed E-state index contributed by atoms with van der Waals surface area (Å²) >= 11 is 0. The monoisotopic (exact) mass is 376 g/mol. The maximum atomic E-state index is 5.66. The molecule has 27 heavy (non-hydrogen) atoms. The van der Waals surface area contributed by atoms with E-state index in [2.05, 4.69) is 29.4 Å². The van der Waals surface area contributed by atoms with Crippen molar-refractivity contribution in [3.8, 4) is 11.5 Å². The Morgan fingerprint density at radius 1 is 1.19 bits per heavy atom. The van der Waals surface area contributed by atoms with Gasteiger partial charge in [-0.2, -0.15) is 0 Å². The highest BCUT2D eigenvalue weighted by Gasteiger charge is 2.17. The fraction of sp³-hybridized carbons (Fsp3) is 0.667. The molecule has 0 aromatic heterocycles. The van der Waals surface area contributed by atoms with Crippen LogP contribution in [0.2, 0.25) is 0 Å². The van der Waals surface area contributed by atoms with Gasteiger partial charge in [-0.25, -0.2) is 0 Å². The Balaban J connectivity index is 1.92. The predicted molar refractivity (Wildman–Crippen MR) is 113 cm³/mol. The van der Waals surface area contributed by atoms with Gasteiger partial charge in [0.05, 0.1) is 13.7 Å². The van der Waals surface area contributed by atoms with E-state index in [0.29, 0.717) is 6.61 Å². The highest BCUT2D eigenvalue weighted by Crippen LogP contribution is 2.30. The van der Waals surface area contributed by atoms with Crippen molar-refractivity contribution in [1.29, 1.82) is 0 Å². The fourth-order valence-electron chi connectivity index (χ4n) is 3.42. The van der Waals surface area contributed by atoms with E-state index in [1.165, 1.54) is 32.5 Å². The van der Waals surface area contributed by atoms with Gasteiger partial charge >= 0.3 is 0 Å². The van der Waals surface area contributed by atoms with E-state index >= 15 is 0 Å². The third-order valence-electron chi connectivity index (χ3n) is 5.03. The number of benzene rings is 1. The van der Waals surface area contributed by atoms with Gasteiger partial charge in [0.1, 0.15) is 0 Å². The maximum Gasteiger partial charge on any atom is 0.195 e. The van der Waals surface area contributed by atoms with Crippen LogP contribution < -0.4 is 20.1 Å². The summed E-state index contributed by atoms with van der Waals surface area (Å²) < 4.78 is 11.0. The van der Waals surface area contributed by atoms with E-state index < -0.39 is 0 Å². The molecule has 1 heterocycles. The van der Waals surface area contributed by atoms with Crippen molar-refractivity contribution in [1.82, 2.24) is 10.2 Å². The van der Waals surface area contributed by atoms with Crippen LogP contribution in [-0.4, -0.2) is 57.3 Å². The largest absolute Gasteiger partial charge is 0.493 e. The van der Waals surface area contributed by atoms with Gasteiger partial charge in [0.15, 0.2) is 17.5 Å². The Morgan fingerprint density at radius 3 is 2.59 bits per heavy atom. The minimum absolute atomic E-state index is 0.602. The summed E-state index contributed by atoms with van der Waals surface area (Å²) in [4.78, 5) is 7.30. The van der Waals surface area contributed by atoms with Crippen molar-refractivity contribution in [3.05, 3.63) is 18.2 Å². The van der Waals surface area contributed by atoms with Crippen LogP contribution >= 0.6 is 0 Å². The van der Waals surface area contributed by atoms with E-state index in [4.69, 9.17) is 14.5 Å². The predicted octanol–water partition coefficient (Wildman–Crippen LogP) is 3.59. The molecule has 0 bridgehead atoms. The number of piperidine rings is 1. The molecule has 6 nitrogen and oxygen atoms in total. The van der Waals surface area contributed by atoms with Gasteiger partial charge in [-0.1, -0.05) is 6.92 Å². The molecule has 2 N–H and O–H groups in total. The molecular formula is C21H36N4O2. The number of nitrogens with zero attached hydrogens (tertiary/aromatic N) is 2. The maximum absolute atomic E-state index is 5.66. The smallest absolute Gasteiger partial charge is 0.195 e. The number of anilines is 1. The van der Waals surface area contributed by atoms with E-state index in [0.717, 1.165) is 48.6 Å². The summed E-state index contributed by atoms with van der Waals surface area (Å²) in [7, 11) is 1.65. The Morgan fingerprint density at radius 2 is 1.96 bits per heavy atom. The fourth-order valence-corrected chi connectivity index (χ4v) is 3.42. The summed E-state index contributed by atoms with van der Waals surface area (Å²) in [5.41, 5.74) is 0.940. The molecule has 1 saturated heterocycles. The number of methoxy groups -OCH3 is 1. The molecule has 1 aromatic rings. The first-order chi connectivity index (χ1) is 13.2. The normalized spacial score (nSPS) is 16.2. The molecule has 1 aliphatic heterocycles. The second-order valence-electron chi connectivity index (χ2n) is 6.85. The van der Waals surface area contributed by atoms with Gasteiger partial charge < -0.3 is 25.0 Å². The quantitative estimate of drug-likeness (QED) is 0.509. The number of hydrogen-bond acceptors (Lipinski definition) is 4. The number of ether oxygens (including phenoxy) is 2. The number of likely N-dealkylation sites (tertiary alicyclic amines) is 1. The molecule has 6 heteroatoms. The molecule has 1 fully saturated rings. The average molecular weight is 377 g/mol. The van der Waals surface area contributed by atoms with Crippen molar-refractivity contribution < 1.29 is 9.47 Å². The Kier molecular flexibility index (Phi) is 9.25. The van der Waals surface area contributed by atoms with Crippen molar-refractivity contribution in [2.75, 3.05) is 51.8 Å². The van der Waals surface area contributed by atoms with Crippen LogP contribution in [0, 0.1) is 5.92 Å². The first-order valence-electron chi connectivity index (χ1n) is 10.3. The summed E-state index contributed by atoms with van der Waals surface area (Å²) in [6.07, 6.45) is 3.74. The zero-order valence-corrected chi connectivity index (χ0v) is 17.4. The van der Waals surface area contributed by atoms with Crippen LogP contribution in [0.4, 0.5) is 5.69 Å². The third-order valence-corrected chi connectivity index (χ3v) is 5.03. The van der Waals surface area contributed by atoms with Gasteiger partial charge in [-0.3, -0.25) is 4.99 Å². The topological polar surface area (TPSA) is 58.1 Å². The second kappa shape index (κ2) is 11.7. The number of aliphatic imine (C=N–C) groups is 1. The summed E-state index contributed by atoms with van der Waals surface area (Å²) in [6, 6.07) is 5.85. The first-order valence-corrected chi connectivity index (χ1v) is 10.3. The van der Waals surface area contributed by atoms with E-state index in [9.17, 15) is 0 Å². The van der Waals surface area contributed by atoms with Crippen molar-refractivity contribution >= 4 is 11.6 Å². The molecule has 0 aliphatic carbocycles. The van der Waals surface area contributed by atoms with E-state index in [1.807, 2.05) is 25.1 Å². The number of hydrogen-bond donors (Lipinski definition) is 2.